The molecule has 0 spiro atoms. The Morgan fingerprint density at radius 1 is 1.29 bits per heavy atom. The lowest BCUT2D eigenvalue weighted by Gasteiger charge is -1.99. The molecule has 0 radical (unpaired) electrons. The monoisotopic (exact) mass is 315 g/mol. The van der Waals surface area contributed by atoms with Gasteiger partial charge < -0.3 is 5.73 Å². The number of aryl methyl sites for hydroxylation is 1. The molecule has 0 bridgehead atoms. The molecule has 0 aliphatic rings. The minimum atomic E-state index is -0.124. The van der Waals surface area contributed by atoms with Crippen molar-refractivity contribution in [2.24, 2.45) is 0 Å². The van der Waals surface area contributed by atoms with Crippen LogP contribution in [0.2, 0.25) is 0 Å². The molecule has 2 aromatic heterocycles. The largest absolute Gasteiger partial charge is 0.399 e. The van der Waals surface area contributed by atoms with Crippen LogP contribution in [-0.2, 0) is 0 Å². The van der Waals surface area contributed by atoms with Crippen LogP contribution < -0.4 is 11.1 Å². The van der Waals surface area contributed by atoms with Crippen molar-refractivity contribution in [3.05, 3.63) is 51.5 Å². The van der Waals surface area contributed by atoms with Crippen molar-refractivity contribution in [3.8, 4) is 11.3 Å². The van der Waals surface area contributed by atoms with Gasteiger partial charge >= 0.3 is 0 Å². The van der Waals surface area contributed by atoms with Crippen LogP contribution in [0, 0.1) is 6.92 Å². The molecule has 4 nitrogen and oxygen atoms in total. The number of carbonyl (C=O) groups excluding carboxylic acids is 1. The maximum absolute atomic E-state index is 12.1. The third-order valence-electron chi connectivity index (χ3n) is 2.87. The van der Waals surface area contributed by atoms with Gasteiger partial charge in [-0.25, -0.2) is 4.98 Å². The molecule has 1 amide bonds. The van der Waals surface area contributed by atoms with Crippen molar-refractivity contribution in [2.75, 3.05) is 11.1 Å². The van der Waals surface area contributed by atoms with Crippen molar-refractivity contribution < 1.29 is 4.79 Å². The first-order chi connectivity index (χ1) is 10.1. The van der Waals surface area contributed by atoms with Crippen molar-refractivity contribution in [1.82, 2.24) is 4.98 Å². The average molecular weight is 315 g/mol. The zero-order valence-electron chi connectivity index (χ0n) is 11.3. The number of aromatic nitrogens is 1. The summed E-state index contributed by atoms with van der Waals surface area (Å²) in [4.78, 5) is 18.3. The molecule has 0 aliphatic heterocycles. The van der Waals surface area contributed by atoms with Crippen LogP contribution in [0.25, 0.3) is 11.3 Å². The van der Waals surface area contributed by atoms with Crippen LogP contribution in [0.15, 0.2) is 41.8 Å². The number of hydrogen-bond acceptors (Lipinski definition) is 5. The molecule has 6 heteroatoms. The molecular weight excluding hydrogens is 302 g/mol. The van der Waals surface area contributed by atoms with Gasteiger partial charge in [-0.3, -0.25) is 10.1 Å². The summed E-state index contributed by atoms with van der Waals surface area (Å²) in [6.45, 7) is 1.97. The van der Waals surface area contributed by atoms with Gasteiger partial charge in [0.1, 0.15) is 0 Å². The lowest BCUT2D eigenvalue weighted by molar-refractivity contribution is 0.103. The summed E-state index contributed by atoms with van der Waals surface area (Å²) in [6, 6.07) is 11.3. The summed E-state index contributed by atoms with van der Waals surface area (Å²) in [5, 5.41) is 5.32. The van der Waals surface area contributed by atoms with E-state index in [4.69, 9.17) is 5.73 Å². The summed E-state index contributed by atoms with van der Waals surface area (Å²) in [5.41, 5.74) is 8.22. The molecule has 0 unspecified atom stereocenters. The summed E-state index contributed by atoms with van der Waals surface area (Å²) >= 11 is 2.87. The zero-order valence-corrected chi connectivity index (χ0v) is 12.9. The Bertz CT molecular complexity index is 792. The van der Waals surface area contributed by atoms with E-state index < -0.39 is 0 Å². The molecule has 106 valence electrons. The lowest BCUT2D eigenvalue weighted by atomic mass is 10.1. The second-order valence-electron chi connectivity index (χ2n) is 4.53. The van der Waals surface area contributed by atoms with Crippen molar-refractivity contribution in [2.45, 2.75) is 6.92 Å². The predicted molar refractivity (Wildman–Crippen MR) is 89.0 cm³/mol. The minimum Gasteiger partial charge on any atom is -0.399 e. The lowest BCUT2D eigenvalue weighted by Crippen LogP contribution is -2.09. The van der Waals surface area contributed by atoms with Gasteiger partial charge in [0, 0.05) is 21.5 Å². The number of rotatable bonds is 3. The van der Waals surface area contributed by atoms with Crippen LogP contribution in [0.5, 0.6) is 0 Å². The molecule has 3 rings (SSSR count). The highest BCUT2D eigenvalue weighted by atomic mass is 32.1. The molecule has 3 aromatic rings. The number of anilines is 2. The molecule has 0 saturated heterocycles. The van der Waals surface area contributed by atoms with E-state index >= 15 is 0 Å². The summed E-state index contributed by atoms with van der Waals surface area (Å²) in [6.07, 6.45) is 0. The smallest absolute Gasteiger partial charge is 0.267 e. The van der Waals surface area contributed by atoms with Gasteiger partial charge in [-0.15, -0.1) is 22.7 Å². The van der Waals surface area contributed by atoms with Crippen LogP contribution in [-0.4, -0.2) is 10.9 Å². The van der Waals surface area contributed by atoms with E-state index in [1.165, 1.54) is 22.7 Å². The number of nitrogens with zero attached hydrogens (tertiary/aromatic N) is 1. The molecule has 1 aromatic carbocycles. The van der Waals surface area contributed by atoms with E-state index in [1.54, 1.807) is 0 Å². The van der Waals surface area contributed by atoms with Crippen molar-refractivity contribution >= 4 is 39.4 Å². The van der Waals surface area contributed by atoms with E-state index in [-0.39, 0.29) is 5.91 Å². The topological polar surface area (TPSA) is 68.0 Å². The summed E-state index contributed by atoms with van der Waals surface area (Å²) in [7, 11) is 0. The molecule has 0 fully saturated rings. The summed E-state index contributed by atoms with van der Waals surface area (Å²) in [5.74, 6) is -0.124. The fourth-order valence-corrected chi connectivity index (χ4v) is 3.35. The third-order valence-corrected chi connectivity index (χ3v) is 4.63. The second-order valence-corrected chi connectivity index (χ2v) is 6.67. The summed E-state index contributed by atoms with van der Waals surface area (Å²) < 4.78 is 0. The molecular formula is C15H13N3OS2. The van der Waals surface area contributed by atoms with Crippen LogP contribution in [0.4, 0.5) is 10.8 Å². The maximum Gasteiger partial charge on any atom is 0.267 e. The van der Waals surface area contributed by atoms with E-state index in [2.05, 4.69) is 10.3 Å². The van der Waals surface area contributed by atoms with E-state index in [1.807, 2.05) is 48.7 Å². The molecule has 3 N–H and O–H groups in total. The number of nitrogens with one attached hydrogen (secondary N) is 1. The first-order valence-corrected chi connectivity index (χ1v) is 8.00. The number of amides is 1. The van der Waals surface area contributed by atoms with Gasteiger partial charge in [0.05, 0.1) is 10.6 Å². The fraction of sp³-hybridized carbons (Fsp3) is 0.0667. The SMILES string of the molecule is Cc1ccc(C(=O)Nc2nc(-c3cccc(N)c3)cs2)s1. The normalized spacial score (nSPS) is 10.5. The van der Waals surface area contributed by atoms with E-state index in [9.17, 15) is 4.79 Å². The van der Waals surface area contributed by atoms with Crippen LogP contribution in [0.1, 0.15) is 14.5 Å². The van der Waals surface area contributed by atoms with Crippen LogP contribution >= 0.6 is 22.7 Å². The number of thiophene rings is 1. The number of nitrogen functional groups attached to an aromatic ring is 1. The Hall–Kier alpha value is -2.18. The van der Waals surface area contributed by atoms with Gasteiger partial charge in [0.15, 0.2) is 5.13 Å². The quantitative estimate of drug-likeness (QED) is 0.717. The van der Waals surface area contributed by atoms with Gasteiger partial charge in [0.25, 0.3) is 5.91 Å². The van der Waals surface area contributed by atoms with Crippen molar-refractivity contribution in [3.63, 3.8) is 0 Å². The number of benzene rings is 1. The highest BCUT2D eigenvalue weighted by Crippen LogP contribution is 2.26. The average Bonchev–Trinajstić information content (AvgIpc) is 3.08. The first kappa shape index (κ1) is 13.8. The second kappa shape index (κ2) is 5.67. The Balaban J connectivity index is 1.78. The Kier molecular flexibility index (Phi) is 3.72. The van der Waals surface area contributed by atoms with E-state index in [0.717, 1.165) is 16.1 Å². The Morgan fingerprint density at radius 2 is 2.14 bits per heavy atom. The van der Waals surface area contributed by atoms with Gasteiger partial charge in [0.2, 0.25) is 0 Å². The van der Waals surface area contributed by atoms with E-state index in [0.29, 0.717) is 15.7 Å². The molecule has 0 aliphatic carbocycles. The maximum atomic E-state index is 12.1. The standard InChI is InChI=1S/C15H13N3OS2/c1-9-5-6-13(21-9)14(19)18-15-17-12(8-20-15)10-3-2-4-11(16)7-10/h2-8H,16H2,1H3,(H,17,18,19). The molecule has 0 saturated carbocycles. The van der Waals surface area contributed by atoms with Gasteiger partial charge in [-0.1, -0.05) is 12.1 Å². The molecule has 21 heavy (non-hydrogen) atoms. The number of hydrogen-bond donors (Lipinski definition) is 2. The molecule has 2 heterocycles. The molecule has 0 atom stereocenters. The highest BCUT2D eigenvalue weighted by Gasteiger charge is 2.11. The number of nitrogens with two attached hydrogens (primary N) is 1. The fourth-order valence-electron chi connectivity index (χ4n) is 1.88. The number of carbonyl (C=O) groups is 1. The minimum absolute atomic E-state index is 0.124. The van der Waals surface area contributed by atoms with Crippen LogP contribution in [0.3, 0.4) is 0 Å². The third kappa shape index (κ3) is 3.12. The van der Waals surface area contributed by atoms with Crippen molar-refractivity contribution in [1.29, 1.82) is 0 Å². The van der Waals surface area contributed by atoms with Gasteiger partial charge in [-0.05, 0) is 31.2 Å². The predicted octanol–water partition coefficient (Wildman–Crippen LogP) is 4.01. The Morgan fingerprint density at radius 3 is 2.86 bits per heavy atom. The zero-order chi connectivity index (χ0) is 14.8. The Labute approximate surface area is 130 Å². The highest BCUT2D eigenvalue weighted by molar-refractivity contribution is 7.15. The number of thiazole rings is 1. The first-order valence-electron chi connectivity index (χ1n) is 6.31. The van der Waals surface area contributed by atoms with Gasteiger partial charge in [-0.2, -0.15) is 0 Å².